The Morgan fingerprint density at radius 3 is 2.62 bits per heavy atom. The van der Waals surface area contributed by atoms with Gasteiger partial charge in [0.15, 0.2) is 5.13 Å². The number of aromatic nitrogens is 1. The number of anilines is 1. The maximum atomic E-state index is 13.4. The van der Waals surface area contributed by atoms with Gasteiger partial charge in [0.2, 0.25) is 5.91 Å². The van der Waals surface area contributed by atoms with Crippen LogP contribution in [0.1, 0.15) is 28.2 Å². The number of thioether (sulfide) groups is 2. The van der Waals surface area contributed by atoms with Crippen LogP contribution in [0.2, 0.25) is 0 Å². The molecule has 0 saturated carbocycles. The standard InChI is InChI=1S/C22H20N4O8S3/c1-9(27)34-6-10-7-35-19-14(18(29)26(19)15(10)21(32)33)25-17(28)16(12-8-36-22(23)24-12)37-13-5-3-2-4-11(13)20(30)31/h2-5,8,14,16,19H,6-7H2,1H3,(H2,23,24)(H,25,28)(H,30,31)(H,32,33)/t14?,16?,19-/m0/s1. The Bertz CT molecular complexity index is 1330. The third-order valence-corrected chi connectivity index (χ3v) is 8.74. The number of aromatic carboxylic acids is 1. The van der Waals surface area contributed by atoms with Gasteiger partial charge in [-0.3, -0.25) is 19.3 Å². The van der Waals surface area contributed by atoms with Gasteiger partial charge >= 0.3 is 17.9 Å². The third kappa shape index (κ3) is 5.42. The lowest BCUT2D eigenvalue weighted by molar-refractivity contribution is -0.151. The summed E-state index contributed by atoms with van der Waals surface area (Å²) in [6.45, 7) is 0.934. The first kappa shape index (κ1) is 26.5. The lowest BCUT2D eigenvalue weighted by atomic mass is 10.0. The molecule has 3 atom stereocenters. The number of carbonyl (C=O) groups excluding carboxylic acids is 3. The molecule has 1 aromatic carbocycles. The molecule has 37 heavy (non-hydrogen) atoms. The van der Waals surface area contributed by atoms with Crippen molar-refractivity contribution in [3.8, 4) is 0 Å². The van der Waals surface area contributed by atoms with Crippen LogP contribution >= 0.6 is 34.9 Å². The van der Waals surface area contributed by atoms with E-state index in [0.717, 1.165) is 28.0 Å². The number of ether oxygens (including phenoxy) is 1. The fraction of sp³-hybridized carbons (Fsp3) is 0.273. The number of nitrogens with one attached hydrogen (secondary N) is 1. The molecule has 5 N–H and O–H groups in total. The Morgan fingerprint density at radius 2 is 2.00 bits per heavy atom. The number of carboxylic acids is 2. The molecule has 0 radical (unpaired) electrons. The second-order valence-corrected chi connectivity index (χ2v) is 11.0. The monoisotopic (exact) mass is 564 g/mol. The van der Waals surface area contributed by atoms with E-state index in [2.05, 4.69) is 10.3 Å². The number of amides is 2. The van der Waals surface area contributed by atoms with Gasteiger partial charge in [0.1, 0.15) is 29.0 Å². The van der Waals surface area contributed by atoms with E-state index in [4.69, 9.17) is 10.5 Å². The van der Waals surface area contributed by atoms with E-state index >= 15 is 0 Å². The quantitative estimate of drug-likeness (QED) is 0.196. The fourth-order valence-electron chi connectivity index (χ4n) is 3.75. The molecule has 3 heterocycles. The summed E-state index contributed by atoms with van der Waals surface area (Å²) in [5.74, 6) is -4.15. The Balaban J connectivity index is 1.56. The van der Waals surface area contributed by atoms with E-state index in [-0.39, 0.29) is 34.3 Å². The maximum absolute atomic E-state index is 13.4. The number of rotatable bonds is 9. The number of hydrogen-bond acceptors (Lipinski definition) is 11. The van der Waals surface area contributed by atoms with Gasteiger partial charge in [0, 0.05) is 28.5 Å². The highest BCUT2D eigenvalue weighted by molar-refractivity contribution is 8.00. The van der Waals surface area contributed by atoms with Crippen molar-refractivity contribution in [3.05, 3.63) is 52.2 Å². The molecule has 2 aliphatic heterocycles. The van der Waals surface area contributed by atoms with Crippen molar-refractivity contribution in [2.75, 3.05) is 18.1 Å². The van der Waals surface area contributed by atoms with Crippen molar-refractivity contribution in [1.29, 1.82) is 0 Å². The summed E-state index contributed by atoms with van der Waals surface area (Å²) < 4.78 is 4.92. The first-order chi connectivity index (χ1) is 17.6. The summed E-state index contributed by atoms with van der Waals surface area (Å²) in [6.07, 6.45) is 0. The van der Waals surface area contributed by atoms with Crippen molar-refractivity contribution in [1.82, 2.24) is 15.2 Å². The number of nitrogen functional groups attached to an aromatic ring is 1. The second kappa shape index (κ2) is 10.8. The van der Waals surface area contributed by atoms with E-state index in [1.165, 1.54) is 24.8 Å². The summed E-state index contributed by atoms with van der Waals surface area (Å²) >= 11 is 3.29. The van der Waals surface area contributed by atoms with Gasteiger partial charge in [-0.05, 0) is 12.1 Å². The number of β-lactam (4-membered cyclic amide) rings is 1. The van der Waals surface area contributed by atoms with Crippen LogP contribution in [0.4, 0.5) is 5.13 Å². The number of fused-ring (bicyclic) bond motifs is 1. The topological polar surface area (TPSA) is 189 Å². The zero-order chi connectivity index (χ0) is 26.9. The van der Waals surface area contributed by atoms with E-state index in [0.29, 0.717) is 10.6 Å². The van der Waals surface area contributed by atoms with Gasteiger partial charge in [-0.15, -0.1) is 34.9 Å². The number of nitrogens with two attached hydrogens (primary N) is 1. The van der Waals surface area contributed by atoms with Crippen LogP contribution in [0.15, 0.2) is 45.8 Å². The highest BCUT2D eigenvalue weighted by Crippen LogP contribution is 2.42. The molecule has 15 heteroatoms. The Kier molecular flexibility index (Phi) is 7.75. The number of esters is 1. The zero-order valence-corrected chi connectivity index (χ0v) is 21.5. The largest absolute Gasteiger partial charge is 0.478 e. The van der Waals surface area contributed by atoms with Crippen LogP contribution in [-0.4, -0.2) is 73.6 Å². The van der Waals surface area contributed by atoms with Crippen LogP contribution in [0, 0.1) is 0 Å². The Labute approximate surface area is 222 Å². The smallest absolute Gasteiger partial charge is 0.352 e. The molecule has 1 saturated heterocycles. The van der Waals surface area contributed by atoms with Crippen LogP contribution in [0.25, 0.3) is 0 Å². The number of nitrogens with zero attached hydrogens (tertiary/aromatic N) is 2. The molecule has 2 aromatic rings. The summed E-state index contributed by atoms with van der Waals surface area (Å²) in [4.78, 5) is 66.7. The SMILES string of the molecule is CC(=O)OCC1=C(C(=O)O)N2C(=O)C(NC(=O)C(Sc3ccccc3C(=O)O)c3csc(N)n3)[C@@H]2SC1. The average Bonchev–Trinajstić information content (AvgIpc) is 3.29. The average molecular weight is 565 g/mol. The summed E-state index contributed by atoms with van der Waals surface area (Å²) in [5.41, 5.74) is 6.05. The highest BCUT2D eigenvalue weighted by atomic mass is 32.2. The minimum absolute atomic E-state index is 0.00113. The predicted octanol–water partition coefficient (Wildman–Crippen LogP) is 1.56. The number of hydrogen-bond donors (Lipinski definition) is 4. The molecule has 12 nitrogen and oxygen atoms in total. The van der Waals surface area contributed by atoms with E-state index in [9.17, 15) is 34.2 Å². The molecule has 2 amide bonds. The summed E-state index contributed by atoms with van der Waals surface area (Å²) in [6, 6.07) is 5.16. The first-order valence-corrected chi connectivity index (χ1v) is 13.4. The minimum Gasteiger partial charge on any atom is -0.478 e. The van der Waals surface area contributed by atoms with Gasteiger partial charge in [-0.25, -0.2) is 14.6 Å². The van der Waals surface area contributed by atoms with Crippen LogP contribution in [-0.2, 0) is 23.9 Å². The third-order valence-electron chi connectivity index (χ3n) is 5.41. The number of benzene rings is 1. The Hall–Kier alpha value is -3.56. The Morgan fingerprint density at radius 1 is 1.27 bits per heavy atom. The molecular formula is C22H20N4O8S3. The van der Waals surface area contributed by atoms with Crippen LogP contribution in [0.5, 0.6) is 0 Å². The van der Waals surface area contributed by atoms with Gasteiger partial charge in [0.05, 0.1) is 11.3 Å². The van der Waals surface area contributed by atoms with Gasteiger partial charge in [-0.2, -0.15) is 0 Å². The number of thiazole rings is 1. The van der Waals surface area contributed by atoms with Gasteiger partial charge in [-0.1, -0.05) is 12.1 Å². The molecule has 1 aromatic heterocycles. The molecule has 4 rings (SSSR count). The number of carbonyl (C=O) groups is 5. The van der Waals surface area contributed by atoms with Crippen LogP contribution in [0.3, 0.4) is 0 Å². The normalized spacial score (nSPS) is 19.5. The molecular weight excluding hydrogens is 544 g/mol. The van der Waals surface area contributed by atoms with E-state index in [1.807, 2.05) is 0 Å². The molecule has 194 valence electrons. The maximum Gasteiger partial charge on any atom is 0.352 e. The predicted molar refractivity (Wildman–Crippen MR) is 135 cm³/mol. The molecule has 0 aliphatic carbocycles. The number of aliphatic carboxylic acids is 1. The summed E-state index contributed by atoms with van der Waals surface area (Å²) in [5, 5.41) is 22.0. The van der Waals surface area contributed by atoms with Crippen molar-refractivity contribution in [2.45, 2.75) is 28.5 Å². The van der Waals surface area contributed by atoms with Crippen molar-refractivity contribution in [2.24, 2.45) is 0 Å². The molecule has 2 aliphatic rings. The molecule has 0 spiro atoms. The van der Waals surface area contributed by atoms with Crippen molar-refractivity contribution in [3.63, 3.8) is 0 Å². The first-order valence-electron chi connectivity index (χ1n) is 10.6. The molecule has 0 bridgehead atoms. The lowest BCUT2D eigenvalue weighted by Gasteiger charge is -2.49. The minimum atomic E-state index is -1.35. The second-order valence-electron chi connectivity index (χ2n) is 7.84. The fourth-order valence-corrected chi connectivity index (χ4v) is 6.87. The van der Waals surface area contributed by atoms with Gasteiger partial charge in [0.25, 0.3) is 5.91 Å². The molecule has 1 fully saturated rings. The van der Waals surface area contributed by atoms with Crippen molar-refractivity contribution < 1.29 is 38.9 Å². The van der Waals surface area contributed by atoms with E-state index < -0.39 is 46.4 Å². The van der Waals surface area contributed by atoms with Crippen molar-refractivity contribution >= 4 is 69.7 Å². The summed E-state index contributed by atoms with van der Waals surface area (Å²) in [7, 11) is 0. The highest BCUT2D eigenvalue weighted by Gasteiger charge is 2.54. The van der Waals surface area contributed by atoms with Gasteiger partial charge < -0.3 is 26.0 Å². The number of carboxylic acid groups (broad SMARTS) is 2. The van der Waals surface area contributed by atoms with E-state index in [1.54, 1.807) is 23.6 Å². The molecule has 2 unspecified atom stereocenters. The zero-order valence-electron chi connectivity index (χ0n) is 19.1. The lowest BCUT2D eigenvalue weighted by Crippen LogP contribution is -2.70. The van der Waals surface area contributed by atoms with Crippen LogP contribution < -0.4 is 11.1 Å².